The zero-order valence-corrected chi connectivity index (χ0v) is 17.5. The maximum absolute atomic E-state index is 6.00. The normalized spacial score (nSPS) is 18.4. The first-order valence-corrected chi connectivity index (χ1v) is 11.2. The molecule has 1 saturated heterocycles. The van der Waals surface area contributed by atoms with Gasteiger partial charge in [-0.25, -0.2) is 0 Å². The van der Waals surface area contributed by atoms with Gasteiger partial charge in [-0.15, -0.1) is 6.58 Å². The van der Waals surface area contributed by atoms with Crippen LogP contribution in [0.4, 0.5) is 0 Å². The molecule has 1 aliphatic rings. The lowest BCUT2D eigenvalue weighted by atomic mass is 10.0. The Bertz CT molecular complexity index is 519. The molecule has 2 nitrogen and oxygen atoms in total. The van der Waals surface area contributed by atoms with Crippen LogP contribution in [0.15, 0.2) is 36.9 Å². The van der Waals surface area contributed by atoms with Gasteiger partial charge in [-0.2, -0.15) is 0 Å². The Morgan fingerprint density at radius 3 is 2.07 bits per heavy atom. The second kappa shape index (κ2) is 13.0. The molecule has 0 saturated carbocycles. The summed E-state index contributed by atoms with van der Waals surface area (Å²) in [5, 5.41) is 0. The molecule has 1 atom stereocenters. The predicted molar refractivity (Wildman–Crippen MR) is 116 cm³/mol. The van der Waals surface area contributed by atoms with Gasteiger partial charge < -0.3 is 9.47 Å². The summed E-state index contributed by atoms with van der Waals surface area (Å²) in [5.74, 6) is 1.04. The van der Waals surface area contributed by atoms with Crippen molar-refractivity contribution in [1.29, 1.82) is 0 Å². The van der Waals surface area contributed by atoms with E-state index in [0.29, 0.717) is 6.61 Å². The van der Waals surface area contributed by atoms with Crippen molar-refractivity contribution in [3.05, 3.63) is 42.5 Å². The van der Waals surface area contributed by atoms with E-state index in [1.807, 2.05) is 6.08 Å². The Morgan fingerprint density at radius 2 is 1.48 bits per heavy atom. The molecular weight excluding hydrogens is 332 g/mol. The van der Waals surface area contributed by atoms with Crippen molar-refractivity contribution in [2.75, 3.05) is 13.2 Å². The third-order valence-electron chi connectivity index (χ3n) is 5.50. The van der Waals surface area contributed by atoms with Gasteiger partial charge in [-0.3, -0.25) is 0 Å². The van der Waals surface area contributed by atoms with E-state index in [1.54, 1.807) is 0 Å². The van der Waals surface area contributed by atoms with Crippen LogP contribution in [0, 0.1) is 0 Å². The highest BCUT2D eigenvalue weighted by Gasteiger charge is 2.40. The molecular formula is C25H40O2. The first kappa shape index (κ1) is 22.0. The molecule has 0 spiro atoms. The number of unbranched alkanes of at least 4 members (excludes halogenated alkanes) is 11. The molecule has 1 aromatic rings. The van der Waals surface area contributed by atoms with Crippen molar-refractivity contribution in [2.45, 2.75) is 96.0 Å². The minimum atomic E-state index is -0.0430. The average molecular weight is 373 g/mol. The minimum Gasteiger partial charge on any atom is -0.490 e. The molecule has 0 aromatic heterocycles. The second-order valence-electron chi connectivity index (χ2n) is 8.35. The Labute approximate surface area is 167 Å². The Kier molecular flexibility index (Phi) is 10.6. The monoisotopic (exact) mass is 372 g/mol. The van der Waals surface area contributed by atoms with Crippen molar-refractivity contribution >= 4 is 0 Å². The number of rotatable bonds is 17. The van der Waals surface area contributed by atoms with Crippen LogP contribution in [0.1, 0.15) is 89.5 Å². The van der Waals surface area contributed by atoms with Crippen molar-refractivity contribution in [3.63, 3.8) is 0 Å². The van der Waals surface area contributed by atoms with E-state index in [4.69, 9.17) is 9.47 Å². The fourth-order valence-corrected chi connectivity index (χ4v) is 3.48. The van der Waals surface area contributed by atoms with E-state index in [1.165, 1.54) is 82.6 Å². The van der Waals surface area contributed by atoms with Gasteiger partial charge in [-0.05, 0) is 44.2 Å². The van der Waals surface area contributed by atoms with Gasteiger partial charge in [0.25, 0.3) is 0 Å². The maximum Gasteiger partial charge on any atom is 0.123 e. The molecule has 1 heterocycles. The van der Waals surface area contributed by atoms with Crippen LogP contribution in [0.2, 0.25) is 0 Å². The van der Waals surface area contributed by atoms with Crippen LogP contribution in [0.3, 0.4) is 0 Å². The maximum atomic E-state index is 6.00. The molecule has 2 heteroatoms. The quantitative estimate of drug-likeness (QED) is 0.163. The number of para-hydroxylation sites is 1. The topological polar surface area (TPSA) is 21.8 Å². The lowest BCUT2D eigenvalue weighted by Crippen LogP contribution is -2.17. The number of epoxide rings is 1. The molecule has 1 aromatic carbocycles. The third-order valence-corrected chi connectivity index (χ3v) is 5.50. The predicted octanol–water partition coefficient (Wildman–Crippen LogP) is 7.26. The highest BCUT2D eigenvalue weighted by molar-refractivity contribution is 5.33. The molecule has 152 valence electrons. The molecule has 1 fully saturated rings. The van der Waals surface area contributed by atoms with Gasteiger partial charge in [0.2, 0.25) is 0 Å². The molecule has 0 amide bonds. The number of benzene rings is 1. The van der Waals surface area contributed by atoms with Crippen LogP contribution < -0.4 is 4.74 Å². The molecule has 1 aliphatic heterocycles. The zero-order chi connectivity index (χ0) is 19.2. The SMILES string of the molecule is C=CCCCCCCCCCCCCCc1ccccc1OCC1(C)CO1. The Morgan fingerprint density at radius 1 is 0.926 bits per heavy atom. The summed E-state index contributed by atoms with van der Waals surface area (Å²) in [7, 11) is 0. The lowest BCUT2D eigenvalue weighted by molar-refractivity contribution is 0.201. The Balaban J connectivity index is 1.44. The van der Waals surface area contributed by atoms with Gasteiger partial charge in [0, 0.05) is 0 Å². The highest BCUT2D eigenvalue weighted by Crippen LogP contribution is 2.28. The standard InChI is InChI=1S/C25H40O2/c1-3-4-5-6-7-8-9-10-11-12-13-14-15-18-23-19-16-17-20-24(23)26-21-25(2)22-27-25/h3,16-17,19-20H,1,4-15,18,21-22H2,2H3. The summed E-state index contributed by atoms with van der Waals surface area (Å²) in [6, 6.07) is 8.49. The van der Waals surface area contributed by atoms with Gasteiger partial charge in [0.15, 0.2) is 0 Å². The summed E-state index contributed by atoms with van der Waals surface area (Å²) in [4.78, 5) is 0. The molecule has 1 unspecified atom stereocenters. The zero-order valence-electron chi connectivity index (χ0n) is 17.5. The summed E-state index contributed by atoms with van der Waals surface area (Å²) in [5.41, 5.74) is 1.30. The van der Waals surface area contributed by atoms with Crippen LogP contribution in [-0.2, 0) is 11.2 Å². The number of hydrogen-bond donors (Lipinski definition) is 0. The van der Waals surface area contributed by atoms with E-state index < -0.39 is 0 Å². The van der Waals surface area contributed by atoms with Gasteiger partial charge in [0.05, 0.1) is 6.61 Å². The molecule has 0 aliphatic carbocycles. The third kappa shape index (κ3) is 10.0. The molecule has 0 N–H and O–H groups in total. The largest absolute Gasteiger partial charge is 0.490 e. The fourth-order valence-electron chi connectivity index (χ4n) is 3.48. The van der Waals surface area contributed by atoms with Crippen LogP contribution in [0.5, 0.6) is 5.75 Å². The summed E-state index contributed by atoms with van der Waals surface area (Å²) in [6.45, 7) is 7.38. The van der Waals surface area contributed by atoms with Crippen LogP contribution in [0.25, 0.3) is 0 Å². The van der Waals surface area contributed by atoms with E-state index in [2.05, 4.69) is 37.8 Å². The highest BCUT2D eigenvalue weighted by atomic mass is 16.6. The second-order valence-corrected chi connectivity index (χ2v) is 8.35. The first-order valence-electron chi connectivity index (χ1n) is 11.2. The van der Waals surface area contributed by atoms with Crippen LogP contribution >= 0.6 is 0 Å². The summed E-state index contributed by atoms with van der Waals surface area (Å²) >= 11 is 0. The van der Waals surface area contributed by atoms with Crippen molar-refractivity contribution in [2.24, 2.45) is 0 Å². The van der Waals surface area contributed by atoms with E-state index in [9.17, 15) is 0 Å². The van der Waals surface area contributed by atoms with Crippen molar-refractivity contribution in [1.82, 2.24) is 0 Å². The molecule has 0 radical (unpaired) electrons. The smallest absolute Gasteiger partial charge is 0.123 e. The van der Waals surface area contributed by atoms with Gasteiger partial charge in [-0.1, -0.05) is 82.1 Å². The summed E-state index contributed by atoms with van der Waals surface area (Å²) in [6.07, 6.45) is 19.5. The fraction of sp³-hybridized carbons (Fsp3) is 0.680. The number of allylic oxidation sites excluding steroid dienone is 1. The molecule has 27 heavy (non-hydrogen) atoms. The van der Waals surface area contributed by atoms with Gasteiger partial charge in [0.1, 0.15) is 18.0 Å². The van der Waals surface area contributed by atoms with E-state index in [-0.39, 0.29) is 5.60 Å². The van der Waals surface area contributed by atoms with Gasteiger partial charge >= 0.3 is 0 Å². The first-order chi connectivity index (χ1) is 13.2. The lowest BCUT2D eigenvalue weighted by Gasteiger charge is -2.13. The van der Waals surface area contributed by atoms with Crippen LogP contribution in [-0.4, -0.2) is 18.8 Å². The molecule has 0 bridgehead atoms. The minimum absolute atomic E-state index is 0.0430. The summed E-state index contributed by atoms with van der Waals surface area (Å²) < 4.78 is 11.4. The van der Waals surface area contributed by atoms with Crippen molar-refractivity contribution in [3.8, 4) is 5.75 Å². The van der Waals surface area contributed by atoms with E-state index in [0.717, 1.165) is 18.8 Å². The van der Waals surface area contributed by atoms with Crippen molar-refractivity contribution < 1.29 is 9.47 Å². The number of hydrogen-bond acceptors (Lipinski definition) is 2. The number of ether oxygens (including phenoxy) is 2. The Hall–Kier alpha value is -1.28. The molecule has 2 rings (SSSR count). The number of aryl methyl sites for hydroxylation is 1. The average Bonchev–Trinajstić information content (AvgIpc) is 3.42. The van der Waals surface area contributed by atoms with E-state index >= 15 is 0 Å².